The molecule has 1 heterocycles. The van der Waals surface area contributed by atoms with Crippen molar-refractivity contribution in [2.24, 2.45) is 0 Å². The molecule has 0 saturated heterocycles. The highest BCUT2D eigenvalue weighted by Gasteiger charge is 2.11. The predicted molar refractivity (Wildman–Crippen MR) is 66.4 cm³/mol. The Labute approximate surface area is 105 Å². The Balaban J connectivity index is 2.66. The molecule has 0 radical (unpaired) electrons. The fraction of sp³-hybridized carbons (Fsp3) is 0. The lowest BCUT2D eigenvalue weighted by Gasteiger charge is -1.96. The quantitative estimate of drug-likeness (QED) is 0.566. The van der Waals surface area contributed by atoms with E-state index in [0.29, 0.717) is 25.9 Å². The smallest absolute Gasteiger partial charge is 0.136 e. The third kappa shape index (κ3) is 1.29. The van der Waals surface area contributed by atoms with Crippen molar-refractivity contribution in [1.29, 1.82) is 0 Å². The zero-order valence-electron chi connectivity index (χ0n) is 11.3. The van der Waals surface area contributed by atoms with Crippen LogP contribution in [0.25, 0.3) is 21.9 Å². The van der Waals surface area contributed by atoms with Crippen molar-refractivity contribution >= 4 is 49.5 Å². The molecule has 0 atom stereocenters. The third-order valence-corrected chi connectivity index (χ3v) is 3.52. The maximum absolute atomic E-state index is 7.86. The number of hydrogen-bond acceptors (Lipinski definition) is 1. The Kier molecular flexibility index (Phi) is 1.29. The molecule has 0 unspecified atom stereocenters. The second-order valence-corrected chi connectivity index (χ2v) is 4.24. The van der Waals surface area contributed by atoms with Gasteiger partial charge in [0.05, 0.1) is 10.5 Å². The molecule has 3 rings (SSSR count). The van der Waals surface area contributed by atoms with E-state index in [-0.39, 0.29) is 29.8 Å². The van der Waals surface area contributed by atoms with Gasteiger partial charge in [0.15, 0.2) is 0 Å². The molecule has 0 aliphatic rings. The van der Waals surface area contributed by atoms with E-state index >= 15 is 0 Å². The van der Waals surface area contributed by atoms with Crippen LogP contribution in [0.5, 0.6) is 0 Å². The minimum absolute atomic E-state index is 0.0568. The lowest BCUT2D eigenvalue weighted by molar-refractivity contribution is 0.669. The van der Waals surface area contributed by atoms with Gasteiger partial charge in [0.2, 0.25) is 0 Å². The van der Waals surface area contributed by atoms with Crippen LogP contribution in [0.4, 0.5) is 0 Å². The molecule has 74 valence electrons. The summed E-state index contributed by atoms with van der Waals surface area (Å²) >= 11 is 9.36. The summed E-state index contributed by atoms with van der Waals surface area (Å²) in [5, 5.41) is 1.45. The second kappa shape index (κ2) is 3.26. The van der Waals surface area contributed by atoms with E-state index < -0.39 is 0 Å². The van der Waals surface area contributed by atoms with Gasteiger partial charge in [-0.3, -0.25) is 0 Å². The molecule has 0 spiro atoms. The first kappa shape index (κ1) is 5.92. The number of fused-ring (bicyclic) bond motifs is 3. The van der Waals surface area contributed by atoms with Crippen LogP contribution in [0.2, 0.25) is 5.02 Å². The van der Waals surface area contributed by atoms with Crippen LogP contribution >= 0.6 is 27.5 Å². The van der Waals surface area contributed by atoms with Crippen molar-refractivity contribution in [3.8, 4) is 0 Å². The lowest BCUT2D eigenvalue weighted by Crippen LogP contribution is -1.71. The van der Waals surface area contributed by atoms with E-state index in [9.17, 15) is 0 Å². The Morgan fingerprint density at radius 3 is 2.93 bits per heavy atom. The van der Waals surface area contributed by atoms with Gasteiger partial charge >= 0.3 is 0 Å². The van der Waals surface area contributed by atoms with Gasteiger partial charge in [-0.2, -0.15) is 0 Å². The summed E-state index contributed by atoms with van der Waals surface area (Å²) in [5.74, 6) is 0. The molecule has 0 aliphatic carbocycles. The maximum Gasteiger partial charge on any atom is 0.136 e. The Bertz CT molecular complexity index is 843. The fourth-order valence-electron chi connectivity index (χ4n) is 1.51. The first-order valence-corrected chi connectivity index (χ1v) is 5.36. The SMILES string of the molecule is [2H]c1cc2c(oc3c([2H])cc(Cl)c(Br)c32)c([2H])c1[2H]. The fourth-order valence-corrected chi connectivity index (χ4v) is 2.16. The van der Waals surface area contributed by atoms with Crippen molar-refractivity contribution in [3.05, 3.63) is 45.8 Å². The molecule has 0 N–H and O–H groups in total. The molecule has 0 aliphatic heterocycles. The standard InChI is InChI=1S/C12H6BrClO/c13-12-8(14)5-6-10-11(12)7-3-1-2-4-9(7)15-10/h1-6H/i1D,2D,4D,6D. The lowest BCUT2D eigenvalue weighted by atomic mass is 10.1. The highest BCUT2D eigenvalue weighted by Crippen LogP contribution is 2.37. The number of rotatable bonds is 0. The normalized spacial score (nSPS) is 15.1. The first-order chi connectivity index (χ1) is 8.91. The van der Waals surface area contributed by atoms with E-state index in [1.165, 1.54) is 12.1 Å². The van der Waals surface area contributed by atoms with E-state index in [0.717, 1.165) is 0 Å². The van der Waals surface area contributed by atoms with Crippen LogP contribution in [0, 0.1) is 0 Å². The van der Waals surface area contributed by atoms with Crippen LogP contribution in [0.1, 0.15) is 5.48 Å². The predicted octanol–water partition coefficient (Wildman–Crippen LogP) is 5.00. The number of benzene rings is 2. The van der Waals surface area contributed by atoms with E-state index in [1.54, 1.807) is 0 Å². The molecule has 3 heteroatoms. The summed E-state index contributed by atoms with van der Waals surface area (Å²) in [7, 11) is 0. The van der Waals surface area contributed by atoms with E-state index in [4.69, 9.17) is 21.5 Å². The number of hydrogen-bond donors (Lipinski definition) is 0. The Morgan fingerprint density at radius 2 is 2.07 bits per heavy atom. The minimum Gasteiger partial charge on any atom is -0.456 e. The van der Waals surface area contributed by atoms with E-state index in [2.05, 4.69) is 15.9 Å². The van der Waals surface area contributed by atoms with Crippen molar-refractivity contribution in [3.63, 3.8) is 0 Å². The van der Waals surface area contributed by atoms with Gasteiger partial charge in [-0.15, -0.1) is 0 Å². The van der Waals surface area contributed by atoms with Crippen molar-refractivity contribution in [2.75, 3.05) is 0 Å². The van der Waals surface area contributed by atoms with Crippen molar-refractivity contribution < 1.29 is 9.90 Å². The molecular formula is C12H6BrClO. The van der Waals surface area contributed by atoms with Gasteiger partial charge in [0.25, 0.3) is 0 Å². The highest BCUT2D eigenvalue weighted by atomic mass is 79.9. The average Bonchev–Trinajstić information content (AvgIpc) is 2.73. The number of para-hydroxylation sites is 1. The number of furan rings is 1. The van der Waals surface area contributed by atoms with Gasteiger partial charge in [0.1, 0.15) is 11.2 Å². The zero-order valence-corrected chi connectivity index (χ0v) is 9.66. The molecule has 0 saturated carbocycles. The molecule has 3 aromatic rings. The van der Waals surface area contributed by atoms with Crippen LogP contribution in [-0.2, 0) is 0 Å². The average molecular weight is 286 g/mol. The van der Waals surface area contributed by atoms with Gasteiger partial charge < -0.3 is 4.42 Å². The molecule has 0 fully saturated rings. The van der Waals surface area contributed by atoms with Gasteiger partial charge in [0, 0.05) is 15.2 Å². The first-order valence-electron chi connectivity index (χ1n) is 6.19. The molecule has 1 nitrogen and oxygen atoms in total. The molecular weight excluding hydrogens is 275 g/mol. The monoisotopic (exact) mass is 284 g/mol. The summed E-state index contributed by atoms with van der Waals surface area (Å²) < 4.78 is 37.1. The molecule has 15 heavy (non-hydrogen) atoms. The molecule has 0 bridgehead atoms. The Hall–Kier alpha value is -0.990. The second-order valence-electron chi connectivity index (χ2n) is 3.04. The summed E-state index contributed by atoms with van der Waals surface area (Å²) in [4.78, 5) is 0. The van der Waals surface area contributed by atoms with Gasteiger partial charge in [-0.05, 0) is 34.1 Å². The topological polar surface area (TPSA) is 13.1 Å². The third-order valence-electron chi connectivity index (χ3n) is 2.17. The van der Waals surface area contributed by atoms with Gasteiger partial charge in [-0.1, -0.05) is 29.8 Å². The number of halogens is 2. The molecule has 1 aromatic heterocycles. The molecule has 2 aromatic carbocycles. The van der Waals surface area contributed by atoms with Gasteiger partial charge in [-0.25, -0.2) is 0 Å². The summed E-state index contributed by atoms with van der Waals surface area (Å²) in [6, 6.07) is 2.61. The van der Waals surface area contributed by atoms with Crippen LogP contribution in [0.15, 0.2) is 45.2 Å². The summed E-state index contributed by atoms with van der Waals surface area (Å²) in [6.45, 7) is 0. The Morgan fingerprint density at radius 1 is 1.20 bits per heavy atom. The van der Waals surface area contributed by atoms with E-state index in [1.807, 2.05) is 0 Å². The van der Waals surface area contributed by atoms with Crippen LogP contribution in [0.3, 0.4) is 0 Å². The summed E-state index contributed by atoms with van der Waals surface area (Å²) in [5.41, 5.74) is 0.497. The minimum atomic E-state index is -0.194. The highest BCUT2D eigenvalue weighted by molar-refractivity contribution is 9.10. The van der Waals surface area contributed by atoms with Crippen molar-refractivity contribution in [2.45, 2.75) is 0 Å². The zero-order chi connectivity index (χ0) is 13.9. The maximum atomic E-state index is 7.86. The largest absolute Gasteiger partial charge is 0.456 e. The summed E-state index contributed by atoms with van der Waals surface area (Å²) in [6.07, 6.45) is 0. The van der Waals surface area contributed by atoms with Crippen LogP contribution < -0.4 is 0 Å². The van der Waals surface area contributed by atoms with Crippen LogP contribution in [-0.4, -0.2) is 0 Å². The van der Waals surface area contributed by atoms with Crippen molar-refractivity contribution in [1.82, 2.24) is 0 Å². The molecule has 0 amide bonds.